The molecule has 0 aromatic heterocycles. The second-order valence-electron chi connectivity index (χ2n) is 4.15. The summed E-state index contributed by atoms with van der Waals surface area (Å²) in [7, 11) is 1.58. The van der Waals surface area contributed by atoms with Gasteiger partial charge in [0.1, 0.15) is 11.6 Å². The van der Waals surface area contributed by atoms with Gasteiger partial charge in [-0.3, -0.25) is 0 Å². The number of aryl methyl sites for hydroxylation is 1. The minimum Gasteiger partial charge on any atom is -0.496 e. The maximum absolute atomic E-state index is 13.9. The van der Waals surface area contributed by atoms with Crippen molar-refractivity contribution in [3.05, 3.63) is 29.1 Å². The third-order valence-electron chi connectivity index (χ3n) is 3.15. The Labute approximate surface area is 89.2 Å². The fourth-order valence-electron chi connectivity index (χ4n) is 2.07. The SMILES string of the molecule is COc1ccc(C)c(F)c1C1CC1CN. The zero-order valence-corrected chi connectivity index (χ0v) is 9.09. The smallest absolute Gasteiger partial charge is 0.133 e. The molecule has 0 spiro atoms. The van der Waals surface area contributed by atoms with Crippen LogP contribution in [0.2, 0.25) is 0 Å². The molecule has 1 fully saturated rings. The van der Waals surface area contributed by atoms with Crippen molar-refractivity contribution in [1.82, 2.24) is 0 Å². The Kier molecular flexibility index (Phi) is 2.65. The molecule has 0 amide bonds. The molecule has 2 nitrogen and oxygen atoms in total. The standard InChI is InChI=1S/C12H16FNO/c1-7-3-4-10(15-2)11(12(7)13)9-5-8(9)6-14/h3-4,8-9H,5-6,14H2,1-2H3. The summed E-state index contributed by atoms with van der Waals surface area (Å²) < 4.78 is 19.1. The molecule has 2 N–H and O–H groups in total. The number of rotatable bonds is 3. The van der Waals surface area contributed by atoms with Crippen LogP contribution in [0.3, 0.4) is 0 Å². The number of hydrogen-bond acceptors (Lipinski definition) is 2. The van der Waals surface area contributed by atoms with Gasteiger partial charge in [-0.05, 0) is 43.4 Å². The van der Waals surface area contributed by atoms with E-state index in [1.807, 2.05) is 6.07 Å². The molecule has 1 saturated carbocycles. The highest BCUT2D eigenvalue weighted by Crippen LogP contribution is 2.50. The van der Waals surface area contributed by atoms with Crippen molar-refractivity contribution in [3.8, 4) is 5.75 Å². The van der Waals surface area contributed by atoms with Crippen LogP contribution in [0, 0.1) is 18.7 Å². The first-order valence-corrected chi connectivity index (χ1v) is 5.22. The van der Waals surface area contributed by atoms with Gasteiger partial charge in [0.2, 0.25) is 0 Å². The van der Waals surface area contributed by atoms with E-state index < -0.39 is 0 Å². The zero-order chi connectivity index (χ0) is 11.0. The van der Waals surface area contributed by atoms with Crippen LogP contribution in [0.15, 0.2) is 12.1 Å². The highest BCUT2D eigenvalue weighted by molar-refractivity contribution is 5.43. The molecule has 0 radical (unpaired) electrons. The lowest BCUT2D eigenvalue weighted by atomic mass is 10.0. The van der Waals surface area contributed by atoms with Gasteiger partial charge >= 0.3 is 0 Å². The van der Waals surface area contributed by atoms with E-state index in [0.29, 0.717) is 29.3 Å². The maximum Gasteiger partial charge on any atom is 0.133 e. The summed E-state index contributed by atoms with van der Waals surface area (Å²) >= 11 is 0. The fourth-order valence-corrected chi connectivity index (χ4v) is 2.07. The topological polar surface area (TPSA) is 35.2 Å². The third kappa shape index (κ3) is 1.72. The highest BCUT2D eigenvalue weighted by Gasteiger charge is 2.40. The van der Waals surface area contributed by atoms with Crippen LogP contribution in [0.25, 0.3) is 0 Å². The van der Waals surface area contributed by atoms with Gasteiger partial charge in [0, 0.05) is 5.56 Å². The number of halogens is 1. The minimum atomic E-state index is -0.129. The third-order valence-corrected chi connectivity index (χ3v) is 3.15. The van der Waals surface area contributed by atoms with Crippen molar-refractivity contribution in [2.75, 3.05) is 13.7 Å². The van der Waals surface area contributed by atoms with Crippen LogP contribution in [0.5, 0.6) is 5.75 Å². The number of nitrogens with two attached hydrogens (primary N) is 1. The van der Waals surface area contributed by atoms with Crippen LogP contribution in [0.1, 0.15) is 23.5 Å². The number of benzene rings is 1. The Hall–Kier alpha value is -1.09. The van der Waals surface area contributed by atoms with Gasteiger partial charge in [-0.2, -0.15) is 0 Å². The second-order valence-corrected chi connectivity index (χ2v) is 4.15. The lowest BCUT2D eigenvalue weighted by Gasteiger charge is -2.10. The molecule has 0 saturated heterocycles. The molecule has 1 aromatic rings. The first-order chi connectivity index (χ1) is 7.19. The van der Waals surface area contributed by atoms with E-state index in [1.54, 1.807) is 20.1 Å². The van der Waals surface area contributed by atoms with E-state index in [-0.39, 0.29) is 11.7 Å². The largest absolute Gasteiger partial charge is 0.496 e. The average Bonchev–Trinajstić information content (AvgIpc) is 3.00. The first-order valence-electron chi connectivity index (χ1n) is 5.22. The van der Waals surface area contributed by atoms with Crippen molar-refractivity contribution in [2.45, 2.75) is 19.3 Å². The van der Waals surface area contributed by atoms with Crippen LogP contribution >= 0.6 is 0 Å². The van der Waals surface area contributed by atoms with Crippen molar-refractivity contribution < 1.29 is 9.13 Å². The van der Waals surface area contributed by atoms with Crippen LogP contribution in [-0.4, -0.2) is 13.7 Å². The average molecular weight is 209 g/mol. The lowest BCUT2D eigenvalue weighted by molar-refractivity contribution is 0.403. The number of hydrogen-bond donors (Lipinski definition) is 1. The molecule has 2 rings (SSSR count). The van der Waals surface area contributed by atoms with Crippen molar-refractivity contribution in [2.24, 2.45) is 11.7 Å². The van der Waals surface area contributed by atoms with Gasteiger partial charge in [0.15, 0.2) is 0 Å². The number of methoxy groups -OCH3 is 1. The summed E-state index contributed by atoms with van der Waals surface area (Å²) in [4.78, 5) is 0. The van der Waals surface area contributed by atoms with Crippen LogP contribution < -0.4 is 10.5 Å². The van der Waals surface area contributed by atoms with Gasteiger partial charge in [-0.25, -0.2) is 4.39 Å². The Morgan fingerprint density at radius 3 is 2.80 bits per heavy atom. The summed E-state index contributed by atoms with van der Waals surface area (Å²) in [6.45, 7) is 2.40. The van der Waals surface area contributed by atoms with Gasteiger partial charge in [0.25, 0.3) is 0 Å². The van der Waals surface area contributed by atoms with Gasteiger partial charge in [-0.15, -0.1) is 0 Å². The Morgan fingerprint density at radius 2 is 2.27 bits per heavy atom. The quantitative estimate of drug-likeness (QED) is 0.828. The molecular weight excluding hydrogens is 193 g/mol. The molecule has 0 heterocycles. The monoisotopic (exact) mass is 209 g/mol. The normalized spacial score (nSPS) is 24.0. The van der Waals surface area contributed by atoms with Crippen molar-refractivity contribution in [3.63, 3.8) is 0 Å². The van der Waals surface area contributed by atoms with E-state index in [2.05, 4.69) is 0 Å². The van der Waals surface area contributed by atoms with E-state index in [0.717, 1.165) is 6.42 Å². The summed E-state index contributed by atoms with van der Waals surface area (Å²) in [5, 5.41) is 0. The molecule has 1 aliphatic carbocycles. The van der Waals surface area contributed by atoms with E-state index >= 15 is 0 Å². The molecule has 1 aromatic carbocycles. The molecule has 1 aliphatic rings. The van der Waals surface area contributed by atoms with E-state index in [4.69, 9.17) is 10.5 Å². The Morgan fingerprint density at radius 1 is 1.53 bits per heavy atom. The summed E-state index contributed by atoms with van der Waals surface area (Å²) in [6, 6.07) is 3.58. The molecule has 15 heavy (non-hydrogen) atoms. The Balaban J connectivity index is 2.39. The van der Waals surface area contributed by atoms with Gasteiger partial charge in [0.05, 0.1) is 7.11 Å². The number of ether oxygens (including phenoxy) is 1. The lowest BCUT2D eigenvalue weighted by Crippen LogP contribution is -2.04. The summed E-state index contributed by atoms with van der Waals surface area (Å²) in [6.07, 6.45) is 0.979. The molecule has 3 heteroatoms. The maximum atomic E-state index is 13.9. The van der Waals surface area contributed by atoms with Crippen molar-refractivity contribution >= 4 is 0 Å². The van der Waals surface area contributed by atoms with Crippen molar-refractivity contribution in [1.29, 1.82) is 0 Å². The fraction of sp³-hybridized carbons (Fsp3) is 0.500. The predicted octanol–water partition coefficient (Wildman–Crippen LogP) is 2.20. The molecule has 0 aliphatic heterocycles. The molecular formula is C12H16FNO. The zero-order valence-electron chi connectivity index (χ0n) is 9.09. The minimum absolute atomic E-state index is 0.129. The summed E-state index contributed by atoms with van der Waals surface area (Å²) in [5.74, 6) is 1.20. The molecule has 82 valence electrons. The summed E-state index contributed by atoms with van der Waals surface area (Å²) in [5.41, 5.74) is 6.97. The molecule has 0 bridgehead atoms. The van der Waals surface area contributed by atoms with E-state index in [1.165, 1.54) is 0 Å². The van der Waals surface area contributed by atoms with Gasteiger partial charge < -0.3 is 10.5 Å². The first kappa shape index (κ1) is 10.4. The van der Waals surface area contributed by atoms with E-state index in [9.17, 15) is 4.39 Å². The van der Waals surface area contributed by atoms with Gasteiger partial charge in [-0.1, -0.05) is 6.07 Å². The van der Waals surface area contributed by atoms with Crippen LogP contribution in [0.4, 0.5) is 4.39 Å². The molecule has 2 unspecified atom stereocenters. The highest BCUT2D eigenvalue weighted by atomic mass is 19.1. The predicted molar refractivity (Wildman–Crippen MR) is 57.6 cm³/mol. The second kappa shape index (κ2) is 3.81. The van der Waals surface area contributed by atoms with Crippen LogP contribution in [-0.2, 0) is 0 Å². The Bertz CT molecular complexity index is 378. The molecule has 2 atom stereocenters.